The molecule has 0 aliphatic heterocycles. The number of nitrogens with one attached hydrogen (secondary N) is 2. The van der Waals surface area contributed by atoms with Crippen molar-refractivity contribution in [2.24, 2.45) is 10.4 Å². The number of hydrogen-bond donors (Lipinski definition) is 2. The van der Waals surface area contributed by atoms with Crippen LogP contribution in [0.15, 0.2) is 29.4 Å². The molecule has 0 atom stereocenters. The number of rotatable bonds is 6. The second-order valence-corrected chi connectivity index (χ2v) is 6.16. The standard InChI is InChI=1S/C16H28N4/c1-16(2,3)10-7-12-19-15(17-4)20-13-9-14-8-5-6-11-18-14/h5-6,8,11H,7,9-10,12-13H2,1-4H3,(H2,17,19,20). The van der Waals surface area contributed by atoms with Gasteiger partial charge in [-0.3, -0.25) is 9.98 Å². The smallest absolute Gasteiger partial charge is 0.190 e. The fraction of sp³-hybridized carbons (Fsp3) is 0.625. The van der Waals surface area contributed by atoms with E-state index in [2.05, 4.69) is 41.4 Å². The van der Waals surface area contributed by atoms with E-state index in [9.17, 15) is 0 Å². The van der Waals surface area contributed by atoms with E-state index in [0.717, 1.165) is 37.6 Å². The number of hydrogen-bond acceptors (Lipinski definition) is 2. The van der Waals surface area contributed by atoms with Gasteiger partial charge in [-0.05, 0) is 30.4 Å². The van der Waals surface area contributed by atoms with Crippen LogP contribution in [-0.2, 0) is 6.42 Å². The molecule has 4 heteroatoms. The minimum absolute atomic E-state index is 0.400. The van der Waals surface area contributed by atoms with E-state index in [1.165, 1.54) is 6.42 Å². The summed E-state index contributed by atoms with van der Waals surface area (Å²) in [6.45, 7) is 8.61. The first-order valence-corrected chi connectivity index (χ1v) is 7.36. The molecule has 1 rings (SSSR count). The fourth-order valence-corrected chi connectivity index (χ4v) is 1.90. The summed E-state index contributed by atoms with van der Waals surface area (Å²) in [6, 6.07) is 6.00. The lowest BCUT2D eigenvalue weighted by molar-refractivity contribution is 0.365. The molecule has 2 N–H and O–H groups in total. The van der Waals surface area contributed by atoms with Crippen molar-refractivity contribution < 1.29 is 0 Å². The quantitative estimate of drug-likeness (QED) is 0.477. The Morgan fingerprint density at radius 1 is 1.20 bits per heavy atom. The van der Waals surface area contributed by atoms with Gasteiger partial charge in [-0.1, -0.05) is 26.8 Å². The molecule has 0 amide bonds. The van der Waals surface area contributed by atoms with Crippen LogP contribution in [0.2, 0.25) is 0 Å². The van der Waals surface area contributed by atoms with Crippen molar-refractivity contribution in [3.05, 3.63) is 30.1 Å². The molecule has 4 nitrogen and oxygen atoms in total. The molecular formula is C16H28N4. The maximum absolute atomic E-state index is 4.30. The SMILES string of the molecule is CN=C(NCCCC(C)(C)C)NCCc1ccccn1. The highest BCUT2D eigenvalue weighted by molar-refractivity contribution is 5.79. The number of guanidine groups is 1. The molecule has 1 heterocycles. The van der Waals surface area contributed by atoms with Gasteiger partial charge in [0, 0.05) is 38.4 Å². The zero-order valence-corrected chi connectivity index (χ0v) is 13.2. The lowest BCUT2D eigenvalue weighted by atomic mass is 9.91. The van der Waals surface area contributed by atoms with Gasteiger partial charge in [0.15, 0.2) is 5.96 Å². The van der Waals surface area contributed by atoms with Crippen molar-refractivity contribution in [3.63, 3.8) is 0 Å². The van der Waals surface area contributed by atoms with Crippen molar-refractivity contribution in [3.8, 4) is 0 Å². The number of pyridine rings is 1. The lowest BCUT2D eigenvalue weighted by Gasteiger charge is -2.18. The molecule has 20 heavy (non-hydrogen) atoms. The topological polar surface area (TPSA) is 49.3 Å². The average molecular weight is 276 g/mol. The molecule has 0 unspecified atom stereocenters. The maximum Gasteiger partial charge on any atom is 0.190 e. The minimum atomic E-state index is 0.400. The minimum Gasteiger partial charge on any atom is -0.356 e. The molecule has 112 valence electrons. The zero-order valence-electron chi connectivity index (χ0n) is 13.2. The molecular weight excluding hydrogens is 248 g/mol. The molecule has 0 radical (unpaired) electrons. The van der Waals surface area contributed by atoms with Gasteiger partial charge >= 0.3 is 0 Å². The Labute approximate surface area is 123 Å². The molecule has 0 saturated carbocycles. The first-order valence-electron chi connectivity index (χ1n) is 7.36. The molecule has 0 aliphatic carbocycles. The van der Waals surface area contributed by atoms with Gasteiger partial charge in [0.2, 0.25) is 0 Å². The van der Waals surface area contributed by atoms with Gasteiger partial charge in [-0.25, -0.2) is 0 Å². The van der Waals surface area contributed by atoms with Gasteiger partial charge in [-0.2, -0.15) is 0 Å². The molecule has 1 aromatic rings. The Balaban J connectivity index is 2.17. The molecule has 0 spiro atoms. The summed E-state index contributed by atoms with van der Waals surface area (Å²) in [4.78, 5) is 8.53. The van der Waals surface area contributed by atoms with Crippen molar-refractivity contribution in [2.75, 3.05) is 20.1 Å². The van der Waals surface area contributed by atoms with Gasteiger partial charge < -0.3 is 10.6 Å². The maximum atomic E-state index is 4.30. The molecule has 0 bridgehead atoms. The third-order valence-electron chi connectivity index (χ3n) is 3.02. The summed E-state index contributed by atoms with van der Waals surface area (Å²) in [5.41, 5.74) is 1.50. The average Bonchev–Trinajstić information content (AvgIpc) is 2.41. The van der Waals surface area contributed by atoms with Crippen LogP contribution in [-0.4, -0.2) is 31.1 Å². The Hall–Kier alpha value is -1.58. The fourth-order valence-electron chi connectivity index (χ4n) is 1.90. The van der Waals surface area contributed by atoms with Crippen molar-refractivity contribution >= 4 is 5.96 Å². The van der Waals surface area contributed by atoms with Crippen LogP contribution in [0.3, 0.4) is 0 Å². The van der Waals surface area contributed by atoms with E-state index in [0.29, 0.717) is 5.41 Å². The van der Waals surface area contributed by atoms with E-state index in [1.54, 1.807) is 7.05 Å². The molecule has 0 fully saturated rings. The Kier molecular flexibility index (Phi) is 7.05. The van der Waals surface area contributed by atoms with Crippen LogP contribution in [0.1, 0.15) is 39.3 Å². The van der Waals surface area contributed by atoms with Crippen LogP contribution in [0, 0.1) is 5.41 Å². The van der Waals surface area contributed by atoms with Gasteiger partial charge in [-0.15, -0.1) is 0 Å². The monoisotopic (exact) mass is 276 g/mol. The summed E-state index contributed by atoms with van der Waals surface area (Å²) >= 11 is 0. The van der Waals surface area contributed by atoms with Crippen LogP contribution in [0.5, 0.6) is 0 Å². The predicted molar refractivity (Wildman–Crippen MR) is 86.0 cm³/mol. The van der Waals surface area contributed by atoms with E-state index in [4.69, 9.17) is 0 Å². The Morgan fingerprint density at radius 3 is 2.55 bits per heavy atom. The largest absolute Gasteiger partial charge is 0.356 e. The van der Waals surface area contributed by atoms with Gasteiger partial charge in [0.25, 0.3) is 0 Å². The highest BCUT2D eigenvalue weighted by Crippen LogP contribution is 2.19. The summed E-state index contributed by atoms with van der Waals surface area (Å²) in [6.07, 6.45) is 5.10. The second kappa shape index (κ2) is 8.56. The van der Waals surface area contributed by atoms with Crippen LogP contribution in [0.25, 0.3) is 0 Å². The first-order chi connectivity index (χ1) is 9.51. The highest BCUT2D eigenvalue weighted by Gasteiger charge is 2.09. The first kappa shape index (κ1) is 16.5. The molecule has 0 saturated heterocycles. The third kappa shape index (κ3) is 7.77. The number of aromatic nitrogens is 1. The summed E-state index contributed by atoms with van der Waals surface area (Å²) in [5, 5.41) is 6.66. The van der Waals surface area contributed by atoms with Gasteiger partial charge in [0.1, 0.15) is 0 Å². The normalized spacial score (nSPS) is 12.3. The Morgan fingerprint density at radius 2 is 1.95 bits per heavy atom. The van der Waals surface area contributed by atoms with Crippen molar-refractivity contribution in [1.82, 2.24) is 15.6 Å². The zero-order chi connectivity index (χ0) is 14.8. The second-order valence-electron chi connectivity index (χ2n) is 6.16. The van der Waals surface area contributed by atoms with Crippen LogP contribution >= 0.6 is 0 Å². The molecule has 0 aliphatic rings. The van der Waals surface area contributed by atoms with E-state index >= 15 is 0 Å². The summed E-state index contributed by atoms with van der Waals surface area (Å²) in [7, 11) is 1.81. The van der Waals surface area contributed by atoms with Crippen LogP contribution < -0.4 is 10.6 Å². The molecule has 1 aromatic heterocycles. The third-order valence-corrected chi connectivity index (χ3v) is 3.02. The number of aliphatic imine (C=N–C) groups is 1. The number of nitrogens with zero attached hydrogens (tertiary/aromatic N) is 2. The highest BCUT2D eigenvalue weighted by atomic mass is 15.2. The van der Waals surface area contributed by atoms with Gasteiger partial charge in [0.05, 0.1) is 0 Å². The molecule has 0 aromatic carbocycles. The Bertz CT molecular complexity index is 393. The van der Waals surface area contributed by atoms with E-state index < -0.39 is 0 Å². The van der Waals surface area contributed by atoms with Crippen molar-refractivity contribution in [2.45, 2.75) is 40.0 Å². The van der Waals surface area contributed by atoms with Crippen molar-refractivity contribution in [1.29, 1.82) is 0 Å². The summed E-state index contributed by atoms with van der Waals surface area (Å²) < 4.78 is 0. The predicted octanol–water partition coefficient (Wildman–Crippen LogP) is 2.62. The lowest BCUT2D eigenvalue weighted by Crippen LogP contribution is -2.39. The summed E-state index contributed by atoms with van der Waals surface area (Å²) in [5.74, 6) is 0.870. The van der Waals surface area contributed by atoms with E-state index in [1.807, 2.05) is 24.4 Å². The van der Waals surface area contributed by atoms with E-state index in [-0.39, 0.29) is 0 Å². The van der Waals surface area contributed by atoms with Crippen LogP contribution in [0.4, 0.5) is 0 Å².